The van der Waals surface area contributed by atoms with E-state index in [1.165, 1.54) is 23.7 Å². The average Bonchev–Trinajstić information content (AvgIpc) is 2.94. The van der Waals surface area contributed by atoms with Crippen molar-refractivity contribution in [3.8, 4) is 0 Å². The van der Waals surface area contributed by atoms with Crippen LogP contribution in [0.4, 0.5) is 4.39 Å². The first-order valence-electron chi connectivity index (χ1n) is 9.47. The Bertz CT molecular complexity index is 822. The molecular weight excluding hydrogens is 331 g/mol. The number of carbonyl (C=O) groups is 1. The van der Waals surface area contributed by atoms with E-state index in [-0.39, 0.29) is 11.7 Å². The predicted molar refractivity (Wildman–Crippen MR) is 98.0 cm³/mol. The summed E-state index contributed by atoms with van der Waals surface area (Å²) in [5.41, 5.74) is 5.36. The number of nitrogens with zero attached hydrogens (tertiary/aromatic N) is 2. The summed E-state index contributed by atoms with van der Waals surface area (Å²) in [6, 6.07) is 6.68. The van der Waals surface area contributed by atoms with E-state index in [4.69, 9.17) is 4.74 Å². The zero-order chi connectivity index (χ0) is 18.1. The smallest absolute Gasteiger partial charge is 0.270 e. The minimum atomic E-state index is -0.235. The van der Waals surface area contributed by atoms with Gasteiger partial charge in [0.1, 0.15) is 11.5 Å². The maximum atomic E-state index is 13.7. The van der Waals surface area contributed by atoms with Crippen LogP contribution in [-0.4, -0.2) is 41.7 Å². The molecule has 2 aliphatic rings. The van der Waals surface area contributed by atoms with Gasteiger partial charge in [-0.2, -0.15) is 0 Å². The van der Waals surface area contributed by atoms with Crippen molar-refractivity contribution in [2.75, 3.05) is 26.3 Å². The summed E-state index contributed by atoms with van der Waals surface area (Å²) >= 11 is 0. The number of ether oxygens (including phenoxy) is 1. The second-order valence-corrected chi connectivity index (χ2v) is 7.23. The van der Waals surface area contributed by atoms with Gasteiger partial charge < -0.3 is 14.2 Å². The lowest BCUT2D eigenvalue weighted by Gasteiger charge is -2.28. The Morgan fingerprint density at radius 1 is 1.19 bits per heavy atom. The molecule has 1 saturated heterocycles. The summed E-state index contributed by atoms with van der Waals surface area (Å²) in [7, 11) is 0. The molecule has 0 saturated carbocycles. The molecule has 1 fully saturated rings. The lowest BCUT2D eigenvalue weighted by molar-refractivity contribution is 0.0295. The third-order valence-corrected chi connectivity index (χ3v) is 5.57. The lowest BCUT2D eigenvalue weighted by atomic mass is 9.95. The summed E-state index contributed by atoms with van der Waals surface area (Å²) < 4.78 is 21.2. The molecule has 2 aromatic rings. The quantitative estimate of drug-likeness (QED) is 0.845. The van der Waals surface area contributed by atoms with Crippen molar-refractivity contribution in [3.05, 3.63) is 58.2 Å². The Hall–Kier alpha value is -2.14. The van der Waals surface area contributed by atoms with Gasteiger partial charge in [-0.25, -0.2) is 4.39 Å². The molecule has 0 radical (unpaired) electrons. The molecule has 2 heterocycles. The molecule has 4 rings (SSSR count). The number of amides is 1. The van der Waals surface area contributed by atoms with Crippen LogP contribution in [0, 0.1) is 12.7 Å². The van der Waals surface area contributed by atoms with E-state index in [0.29, 0.717) is 32.8 Å². The van der Waals surface area contributed by atoms with Gasteiger partial charge in [0.05, 0.1) is 13.2 Å². The maximum absolute atomic E-state index is 13.7. The van der Waals surface area contributed by atoms with Crippen LogP contribution in [0.1, 0.15) is 45.7 Å². The number of hydrogen-bond acceptors (Lipinski definition) is 2. The number of rotatable bonds is 3. The normalized spacial score (nSPS) is 17.2. The molecule has 138 valence electrons. The summed E-state index contributed by atoms with van der Waals surface area (Å²) in [6.07, 6.45) is 4.33. The zero-order valence-electron chi connectivity index (χ0n) is 15.3. The molecule has 0 N–H and O–H groups in total. The summed E-state index contributed by atoms with van der Waals surface area (Å²) in [6.45, 7) is 5.06. The fourth-order valence-electron chi connectivity index (χ4n) is 4.26. The fourth-order valence-corrected chi connectivity index (χ4v) is 4.26. The van der Waals surface area contributed by atoms with Gasteiger partial charge in [-0.3, -0.25) is 4.79 Å². The van der Waals surface area contributed by atoms with Crippen LogP contribution in [0.15, 0.2) is 24.3 Å². The molecule has 1 amide bonds. The molecular formula is C21H25FN2O2. The summed E-state index contributed by atoms with van der Waals surface area (Å²) in [4.78, 5) is 15.2. The van der Waals surface area contributed by atoms with E-state index in [9.17, 15) is 9.18 Å². The Balaban J connectivity index is 1.76. The van der Waals surface area contributed by atoms with Gasteiger partial charge in [0.25, 0.3) is 5.91 Å². The van der Waals surface area contributed by atoms with Crippen LogP contribution in [0.5, 0.6) is 0 Å². The number of hydrogen-bond donors (Lipinski definition) is 0. The first-order chi connectivity index (χ1) is 12.6. The highest BCUT2D eigenvalue weighted by Crippen LogP contribution is 2.31. The minimum absolute atomic E-state index is 0.0802. The number of carbonyl (C=O) groups excluding carboxylic acids is 1. The van der Waals surface area contributed by atoms with Crippen molar-refractivity contribution in [1.82, 2.24) is 9.47 Å². The van der Waals surface area contributed by atoms with Gasteiger partial charge in [0, 0.05) is 25.3 Å². The Morgan fingerprint density at radius 2 is 1.96 bits per heavy atom. The molecule has 1 aromatic carbocycles. The summed E-state index contributed by atoms with van der Waals surface area (Å²) in [5.74, 6) is -0.155. The molecule has 1 aliphatic heterocycles. The van der Waals surface area contributed by atoms with E-state index < -0.39 is 0 Å². The van der Waals surface area contributed by atoms with E-state index in [2.05, 4.69) is 11.5 Å². The van der Waals surface area contributed by atoms with Gasteiger partial charge >= 0.3 is 0 Å². The molecule has 5 heteroatoms. The Kier molecular flexibility index (Phi) is 4.81. The first kappa shape index (κ1) is 17.3. The van der Waals surface area contributed by atoms with Crippen molar-refractivity contribution < 1.29 is 13.9 Å². The molecule has 1 aromatic heterocycles. The molecule has 4 nitrogen and oxygen atoms in total. The van der Waals surface area contributed by atoms with Crippen LogP contribution in [-0.2, 0) is 24.1 Å². The number of fused-ring (bicyclic) bond motifs is 1. The highest BCUT2D eigenvalue weighted by molar-refractivity contribution is 5.95. The molecule has 0 atom stereocenters. The average molecular weight is 356 g/mol. The molecule has 0 spiro atoms. The number of halogens is 1. The van der Waals surface area contributed by atoms with Crippen LogP contribution >= 0.6 is 0 Å². The van der Waals surface area contributed by atoms with Crippen LogP contribution in [0.2, 0.25) is 0 Å². The molecule has 1 aliphatic carbocycles. The third kappa shape index (κ3) is 3.16. The van der Waals surface area contributed by atoms with Gasteiger partial charge in [0.2, 0.25) is 0 Å². The van der Waals surface area contributed by atoms with Crippen molar-refractivity contribution in [1.29, 1.82) is 0 Å². The third-order valence-electron chi connectivity index (χ3n) is 5.57. The molecule has 0 bridgehead atoms. The monoisotopic (exact) mass is 356 g/mol. The Morgan fingerprint density at radius 3 is 2.73 bits per heavy atom. The number of benzene rings is 1. The van der Waals surface area contributed by atoms with E-state index in [1.807, 2.05) is 11.0 Å². The van der Waals surface area contributed by atoms with Gasteiger partial charge in [-0.05, 0) is 61.4 Å². The van der Waals surface area contributed by atoms with Gasteiger partial charge in [-0.15, -0.1) is 0 Å². The van der Waals surface area contributed by atoms with Gasteiger partial charge in [-0.1, -0.05) is 12.1 Å². The summed E-state index contributed by atoms with van der Waals surface area (Å²) in [5, 5.41) is 0. The van der Waals surface area contributed by atoms with Crippen molar-refractivity contribution >= 4 is 5.91 Å². The SMILES string of the molecule is Cc1c2c(n(Cc3cccc(F)c3)c1C(=O)N1CCOCC1)CCCC2. The second-order valence-electron chi connectivity index (χ2n) is 7.23. The highest BCUT2D eigenvalue weighted by Gasteiger charge is 2.29. The van der Waals surface area contributed by atoms with Gasteiger partial charge in [0.15, 0.2) is 0 Å². The second kappa shape index (κ2) is 7.23. The van der Waals surface area contributed by atoms with E-state index in [0.717, 1.165) is 36.1 Å². The topological polar surface area (TPSA) is 34.5 Å². The number of morpholine rings is 1. The minimum Gasteiger partial charge on any atom is -0.378 e. The number of aromatic nitrogens is 1. The standard InChI is InChI=1S/C21H25FN2O2/c1-15-18-7-2-3-8-19(18)24(14-16-5-4-6-17(22)13-16)20(15)21(25)23-9-11-26-12-10-23/h4-6,13H,2-3,7-12,14H2,1H3. The Labute approximate surface area is 153 Å². The predicted octanol–water partition coefficient (Wildman–Crippen LogP) is 3.34. The fraction of sp³-hybridized carbons (Fsp3) is 0.476. The van der Waals surface area contributed by atoms with E-state index >= 15 is 0 Å². The molecule has 26 heavy (non-hydrogen) atoms. The van der Waals surface area contributed by atoms with E-state index in [1.54, 1.807) is 12.1 Å². The van der Waals surface area contributed by atoms with Crippen molar-refractivity contribution in [3.63, 3.8) is 0 Å². The van der Waals surface area contributed by atoms with Crippen molar-refractivity contribution in [2.24, 2.45) is 0 Å². The zero-order valence-corrected chi connectivity index (χ0v) is 15.3. The van der Waals surface area contributed by atoms with Crippen LogP contribution < -0.4 is 0 Å². The highest BCUT2D eigenvalue weighted by atomic mass is 19.1. The van der Waals surface area contributed by atoms with Crippen molar-refractivity contribution in [2.45, 2.75) is 39.2 Å². The lowest BCUT2D eigenvalue weighted by Crippen LogP contribution is -2.41. The molecule has 0 unspecified atom stereocenters. The first-order valence-corrected chi connectivity index (χ1v) is 9.47. The maximum Gasteiger partial charge on any atom is 0.270 e. The van der Waals surface area contributed by atoms with Crippen LogP contribution in [0.25, 0.3) is 0 Å². The largest absolute Gasteiger partial charge is 0.378 e. The van der Waals surface area contributed by atoms with Crippen LogP contribution in [0.3, 0.4) is 0 Å².